The van der Waals surface area contributed by atoms with Gasteiger partial charge in [0.05, 0.1) is 6.54 Å². The molecule has 0 spiro atoms. The molecule has 21 heavy (non-hydrogen) atoms. The second-order valence-corrected chi connectivity index (χ2v) is 5.50. The summed E-state index contributed by atoms with van der Waals surface area (Å²) in [6.45, 7) is 0.322. The number of nitrogens with one attached hydrogen (secondary N) is 2. The summed E-state index contributed by atoms with van der Waals surface area (Å²) < 4.78 is 0. The van der Waals surface area contributed by atoms with Crippen LogP contribution in [0.5, 0.6) is 0 Å². The largest absolute Gasteiger partial charge is 0.376 e. The number of hydrogen-bond acceptors (Lipinski definition) is 2. The molecule has 1 aliphatic carbocycles. The van der Waals surface area contributed by atoms with Crippen molar-refractivity contribution >= 4 is 11.6 Å². The van der Waals surface area contributed by atoms with E-state index in [2.05, 4.69) is 34.9 Å². The van der Waals surface area contributed by atoms with E-state index in [0.29, 0.717) is 6.54 Å². The van der Waals surface area contributed by atoms with Gasteiger partial charge in [0.1, 0.15) is 0 Å². The summed E-state index contributed by atoms with van der Waals surface area (Å²) in [6, 6.07) is 18.6. The zero-order valence-corrected chi connectivity index (χ0v) is 12.0. The summed E-state index contributed by atoms with van der Waals surface area (Å²) >= 11 is 0. The van der Waals surface area contributed by atoms with Crippen LogP contribution in [0, 0.1) is 0 Å². The van der Waals surface area contributed by atoms with Crippen LogP contribution in [0.4, 0.5) is 5.69 Å². The monoisotopic (exact) mass is 280 g/mol. The van der Waals surface area contributed by atoms with Gasteiger partial charge in [0.15, 0.2) is 0 Å². The fraction of sp³-hybridized carbons (Fsp3) is 0.278. The van der Waals surface area contributed by atoms with E-state index in [9.17, 15) is 4.79 Å². The molecule has 0 aliphatic heterocycles. The molecule has 3 nitrogen and oxygen atoms in total. The molecule has 0 bridgehead atoms. The second kappa shape index (κ2) is 6.44. The Balaban J connectivity index is 1.50. The minimum atomic E-state index is 0.0586. The molecule has 0 saturated carbocycles. The first-order valence-electron chi connectivity index (χ1n) is 7.46. The predicted octanol–water partition coefficient (Wildman–Crippen LogP) is 2.77. The number of anilines is 1. The molecule has 1 amide bonds. The van der Waals surface area contributed by atoms with Gasteiger partial charge in [-0.2, -0.15) is 0 Å². The van der Waals surface area contributed by atoms with Crippen molar-refractivity contribution in [1.82, 2.24) is 5.32 Å². The van der Waals surface area contributed by atoms with E-state index in [4.69, 9.17) is 0 Å². The van der Waals surface area contributed by atoms with Gasteiger partial charge < -0.3 is 10.6 Å². The van der Waals surface area contributed by atoms with Crippen LogP contribution in [0.25, 0.3) is 0 Å². The average Bonchev–Trinajstić information content (AvgIpc) is 2.54. The minimum absolute atomic E-state index is 0.0586. The Morgan fingerprint density at radius 3 is 2.52 bits per heavy atom. The van der Waals surface area contributed by atoms with Gasteiger partial charge in [-0.1, -0.05) is 42.5 Å². The first-order valence-corrected chi connectivity index (χ1v) is 7.46. The molecule has 2 aromatic carbocycles. The van der Waals surface area contributed by atoms with Crippen molar-refractivity contribution in [2.75, 3.05) is 11.9 Å². The van der Waals surface area contributed by atoms with Gasteiger partial charge in [0.25, 0.3) is 0 Å². The number of aryl methyl sites for hydroxylation is 1. The maximum Gasteiger partial charge on any atom is 0.239 e. The smallest absolute Gasteiger partial charge is 0.239 e. The van der Waals surface area contributed by atoms with Crippen LogP contribution in [-0.4, -0.2) is 18.5 Å². The summed E-state index contributed by atoms with van der Waals surface area (Å²) in [5.41, 5.74) is 3.76. The van der Waals surface area contributed by atoms with E-state index in [0.717, 1.165) is 24.9 Å². The third kappa shape index (κ3) is 3.63. The van der Waals surface area contributed by atoms with Crippen LogP contribution < -0.4 is 10.6 Å². The van der Waals surface area contributed by atoms with Crippen molar-refractivity contribution in [1.29, 1.82) is 0 Å². The molecule has 3 rings (SSSR count). The Morgan fingerprint density at radius 2 is 1.71 bits per heavy atom. The average molecular weight is 280 g/mol. The maximum atomic E-state index is 12.0. The maximum absolute atomic E-state index is 12.0. The lowest BCUT2D eigenvalue weighted by Crippen LogP contribution is -2.41. The lowest BCUT2D eigenvalue weighted by Gasteiger charge is -2.25. The van der Waals surface area contributed by atoms with Crippen LogP contribution in [0.15, 0.2) is 54.6 Å². The highest BCUT2D eigenvalue weighted by Crippen LogP contribution is 2.20. The van der Waals surface area contributed by atoms with Gasteiger partial charge in [-0.25, -0.2) is 0 Å². The second-order valence-electron chi connectivity index (χ2n) is 5.50. The van der Waals surface area contributed by atoms with Crippen molar-refractivity contribution in [3.8, 4) is 0 Å². The van der Waals surface area contributed by atoms with Gasteiger partial charge in [-0.05, 0) is 42.5 Å². The van der Waals surface area contributed by atoms with Crippen molar-refractivity contribution in [3.63, 3.8) is 0 Å². The molecule has 1 atom stereocenters. The number of rotatable bonds is 4. The Labute approximate surface area is 125 Å². The van der Waals surface area contributed by atoms with Crippen LogP contribution in [0.2, 0.25) is 0 Å². The Morgan fingerprint density at radius 1 is 1.00 bits per heavy atom. The molecule has 1 aliphatic rings. The van der Waals surface area contributed by atoms with Crippen molar-refractivity contribution in [2.24, 2.45) is 0 Å². The highest BCUT2D eigenvalue weighted by molar-refractivity contribution is 5.81. The summed E-state index contributed by atoms with van der Waals surface area (Å²) in [7, 11) is 0. The van der Waals surface area contributed by atoms with E-state index >= 15 is 0 Å². The molecule has 0 radical (unpaired) electrons. The number of para-hydroxylation sites is 1. The van der Waals surface area contributed by atoms with Crippen LogP contribution in [0.1, 0.15) is 17.5 Å². The lowest BCUT2D eigenvalue weighted by molar-refractivity contribution is -0.120. The zero-order chi connectivity index (χ0) is 14.5. The Bertz CT molecular complexity index is 610. The lowest BCUT2D eigenvalue weighted by atomic mass is 9.88. The number of carbonyl (C=O) groups is 1. The molecule has 1 unspecified atom stereocenters. The van der Waals surface area contributed by atoms with Gasteiger partial charge >= 0.3 is 0 Å². The summed E-state index contributed by atoms with van der Waals surface area (Å²) in [5.74, 6) is 0.0586. The van der Waals surface area contributed by atoms with Crippen LogP contribution in [0.3, 0.4) is 0 Å². The third-order valence-corrected chi connectivity index (χ3v) is 3.94. The third-order valence-electron chi connectivity index (χ3n) is 3.94. The van der Waals surface area contributed by atoms with E-state index in [1.807, 2.05) is 30.3 Å². The predicted molar refractivity (Wildman–Crippen MR) is 85.3 cm³/mol. The van der Waals surface area contributed by atoms with Crippen molar-refractivity contribution < 1.29 is 4.79 Å². The zero-order valence-electron chi connectivity index (χ0n) is 12.0. The number of carbonyl (C=O) groups excluding carboxylic acids is 1. The molecule has 0 aromatic heterocycles. The first-order chi connectivity index (χ1) is 10.3. The normalized spacial score (nSPS) is 16.9. The summed E-state index contributed by atoms with van der Waals surface area (Å²) in [4.78, 5) is 12.0. The molecular formula is C18H20N2O. The quantitative estimate of drug-likeness (QED) is 0.904. The topological polar surface area (TPSA) is 41.1 Å². The fourth-order valence-electron chi connectivity index (χ4n) is 2.84. The standard InChI is InChI=1S/C18H20N2O/c21-18(13-19-16-8-2-1-3-9-16)20-17-11-10-14-6-4-5-7-15(14)12-17/h1-9,17,19H,10-13H2,(H,20,21). The molecule has 0 saturated heterocycles. The molecule has 0 fully saturated rings. The SMILES string of the molecule is O=C(CNc1ccccc1)NC1CCc2ccccc2C1. The fourth-order valence-corrected chi connectivity index (χ4v) is 2.84. The van der Waals surface area contributed by atoms with Gasteiger partial charge in [-0.3, -0.25) is 4.79 Å². The van der Waals surface area contributed by atoms with E-state index in [1.165, 1.54) is 11.1 Å². The minimum Gasteiger partial charge on any atom is -0.376 e. The van der Waals surface area contributed by atoms with E-state index in [1.54, 1.807) is 0 Å². The molecule has 2 N–H and O–H groups in total. The van der Waals surface area contributed by atoms with E-state index < -0.39 is 0 Å². The molecule has 3 heteroatoms. The van der Waals surface area contributed by atoms with Crippen LogP contribution >= 0.6 is 0 Å². The molecular weight excluding hydrogens is 260 g/mol. The van der Waals surface area contributed by atoms with E-state index in [-0.39, 0.29) is 11.9 Å². The Hall–Kier alpha value is -2.29. The highest BCUT2D eigenvalue weighted by atomic mass is 16.1. The number of hydrogen-bond donors (Lipinski definition) is 2. The number of fused-ring (bicyclic) bond motifs is 1. The number of benzene rings is 2. The van der Waals surface area contributed by atoms with Crippen molar-refractivity contribution in [3.05, 3.63) is 65.7 Å². The molecule has 108 valence electrons. The molecule has 0 heterocycles. The van der Waals surface area contributed by atoms with Crippen LogP contribution in [-0.2, 0) is 17.6 Å². The first kappa shape index (κ1) is 13.7. The van der Waals surface area contributed by atoms with Crippen molar-refractivity contribution in [2.45, 2.75) is 25.3 Å². The van der Waals surface area contributed by atoms with Gasteiger partial charge in [0.2, 0.25) is 5.91 Å². The van der Waals surface area contributed by atoms with Gasteiger partial charge in [-0.15, -0.1) is 0 Å². The van der Waals surface area contributed by atoms with Gasteiger partial charge in [0, 0.05) is 11.7 Å². The summed E-state index contributed by atoms with van der Waals surface area (Å²) in [6.07, 6.45) is 3.01. The molecule has 2 aromatic rings. The highest BCUT2D eigenvalue weighted by Gasteiger charge is 2.19. The summed E-state index contributed by atoms with van der Waals surface area (Å²) in [5, 5.41) is 6.27. The number of amides is 1. The Kier molecular flexibility index (Phi) is 4.20.